The van der Waals surface area contributed by atoms with Crippen LogP contribution in [0.1, 0.15) is 37.5 Å². The molecule has 39 heavy (non-hydrogen) atoms. The zero-order valence-electron chi connectivity index (χ0n) is 20.3. The first-order valence-electron chi connectivity index (χ1n) is 11.6. The summed E-state index contributed by atoms with van der Waals surface area (Å²) in [5, 5.41) is 7.78. The maximum Gasteiger partial charge on any atom is 0.573 e. The normalized spacial score (nSPS) is 18.6. The molecular weight excluding hydrogens is 556 g/mol. The van der Waals surface area contributed by atoms with Gasteiger partial charge in [-0.1, -0.05) is 6.07 Å². The van der Waals surface area contributed by atoms with E-state index in [2.05, 4.69) is 29.4 Å². The quantitative estimate of drug-likeness (QED) is 0.376. The summed E-state index contributed by atoms with van der Waals surface area (Å²) in [4.78, 5) is 3.00. The number of nitrogens with zero attached hydrogens (tertiary/aromatic N) is 4. The summed E-state index contributed by atoms with van der Waals surface area (Å²) in [7, 11) is -4.45. The molecule has 1 aromatic carbocycles. The van der Waals surface area contributed by atoms with Crippen LogP contribution in [0.5, 0.6) is 11.6 Å². The number of aryl methyl sites for hydroxylation is 1. The van der Waals surface area contributed by atoms with Gasteiger partial charge in [-0.2, -0.15) is 13.2 Å². The standard InChI is InChI=1S/C23H23F6N5O4S/c1-14-32-31-13-34(14)18-4-2-3-17(10-18)33-39(35,36)20-7-5-15(9-19(20)38-23(27,28)29)16-6-8-21(30-11-16)37-12-22(24,25)26/h5-9,11,13,17-18,33H,2-4,10,12H2,1H3. The molecule has 1 aliphatic rings. The summed E-state index contributed by atoms with van der Waals surface area (Å²) in [5.41, 5.74) is 0.279. The molecular formula is C23H23F6N5O4S. The number of nitrogens with one attached hydrogen (secondary N) is 1. The van der Waals surface area contributed by atoms with E-state index in [4.69, 9.17) is 0 Å². The predicted molar refractivity (Wildman–Crippen MR) is 124 cm³/mol. The lowest BCUT2D eigenvalue weighted by Crippen LogP contribution is -2.39. The van der Waals surface area contributed by atoms with Crippen molar-refractivity contribution in [2.75, 3.05) is 6.61 Å². The largest absolute Gasteiger partial charge is 0.573 e. The molecule has 1 aliphatic carbocycles. The minimum absolute atomic E-state index is 0.0784. The van der Waals surface area contributed by atoms with Crippen LogP contribution in [0.3, 0.4) is 0 Å². The molecule has 0 spiro atoms. The zero-order chi connectivity index (χ0) is 28.4. The van der Waals surface area contributed by atoms with Crippen LogP contribution in [-0.4, -0.2) is 53.4 Å². The number of sulfonamides is 1. The maximum absolute atomic E-state index is 13.2. The molecule has 3 aromatic rings. The van der Waals surface area contributed by atoms with Gasteiger partial charge in [0.05, 0.1) is 0 Å². The molecule has 212 valence electrons. The van der Waals surface area contributed by atoms with Crippen LogP contribution in [0.15, 0.2) is 47.8 Å². The number of ether oxygens (including phenoxy) is 2. The summed E-state index contributed by atoms with van der Waals surface area (Å²) < 4.78 is 116. The Morgan fingerprint density at radius 2 is 1.82 bits per heavy atom. The van der Waals surface area contributed by atoms with E-state index in [0.717, 1.165) is 30.8 Å². The van der Waals surface area contributed by atoms with Crippen LogP contribution in [0, 0.1) is 6.92 Å². The highest BCUT2D eigenvalue weighted by atomic mass is 32.2. The van der Waals surface area contributed by atoms with Crippen LogP contribution in [0.2, 0.25) is 0 Å². The van der Waals surface area contributed by atoms with Gasteiger partial charge in [0.25, 0.3) is 0 Å². The minimum Gasteiger partial charge on any atom is -0.468 e. The van der Waals surface area contributed by atoms with E-state index < -0.39 is 45.9 Å². The Labute approximate surface area is 219 Å². The average Bonchev–Trinajstić information content (AvgIpc) is 3.27. The van der Waals surface area contributed by atoms with Gasteiger partial charge in [-0.25, -0.2) is 18.1 Å². The second kappa shape index (κ2) is 11.0. The first-order valence-corrected chi connectivity index (χ1v) is 13.1. The fourth-order valence-corrected chi connectivity index (χ4v) is 5.76. The number of rotatable bonds is 8. The van der Waals surface area contributed by atoms with Crippen LogP contribution in [0.25, 0.3) is 11.1 Å². The van der Waals surface area contributed by atoms with E-state index in [1.165, 1.54) is 12.1 Å². The Bertz CT molecular complexity index is 1390. The number of benzene rings is 1. The Balaban J connectivity index is 1.57. The predicted octanol–water partition coefficient (Wildman–Crippen LogP) is 4.95. The summed E-state index contributed by atoms with van der Waals surface area (Å²) in [6.07, 6.45) is -4.82. The molecule has 0 amide bonds. The molecule has 1 N–H and O–H groups in total. The smallest absolute Gasteiger partial charge is 0.468 e. The third kappa shape index (κ3) is 7.59. The lowest BCUT2D eigenvalue weighted by molar-refractivity contribution is -0.275. The number of alkyl halides is 6. The van der Waals surface area contributed by atoms with E-state index in [1.807, 2.05) is 4.57 Å². The monoisotopic (exact) mass is 579 g/mol. The van der Waals surface area contributed by atoms with Crippen LogP contribution >= 0.6 is 0 Å². The van der Waals surface area contributed by atoms with Crippen LogP contribution in [0.4, 0.5) is 26.3 Å². The fourth-order valence-electron chi connectivity index (χ4n) is 4.37. The zero-order valence-corrected chi connectivity index (χ0v) is 21.1. The van der Waals surface area contributed by atoms with E-state index >= 15 is 0 Å². The number of hydrogen-bond donors (Lipinski definition) is 1. The topological polar surface area (TPSA) is 108 Å². The van der Waals surface area contributed by atoms with E-state index in [9.17, 15) is 34.8 Å². The van der Waals surface area contributed by atoms with Gasteiger partial charge in [-0.3, -0.25) is 0 Å². The Hall–Kier alpha value is -3.40. The molecule has 0 aliphatic heterocycles. The third-order valence-electron chi connectivity index (χ3n) is 6.03. The van der Waals surface area contributed by atoms with Gasteiger partial charge in [0.15, 0.2) is 6.61 Å². The molecule has 0 saturated heterocycles. The second-order valence-corrected chi connectivity index (χ2v) is 10.6. The van der Waals surface area contributed by atoms with Crippen molar-refractivity contribution in [2.45, 2.75) is 62.1 Å². The van der Waals surface area contributed by atoms with Crippen molar-refractivity contribution < 1.29 is 44.2 Å². The first kappa shape index (κ1) is 28.6. The van der Waals surface area contributed by atoms with E-state index in [-0.39, 0.29) is 23.0 Å². The number of hydrogen-bond acceptors (Lipinski definition) is 7. The van der Waals surface area contributed by atoms with Gasteiger partial charge >= 0.3 is 12.5 Å². The Kier molecular flexibility index (Phi) is 8.07. The van der Waals surface area contributed by atoms with Crippen molar-refractivity contribution in [3.05, 3.63) is 48.7 Å². The van der Waals surface area contributed by atoms with Crippen molar-refractivity contribution in [2.24, 2.45) is 0 Å². The molecule has 2 heterocycles. The van der Waals surface area contributed by atoms with Crippen molar-refractivity contribution in [1.29, 1.82) is 0 Å². The van der Waals surface area contributed by atoms with Crippen molar-refractivity contribution >= 4 is 10.0 Å². The van der Waals surface area contributed by atoms with Gasteiger partial charge in [0, 0.05) is 29.9 Å². The van der Waals surface area contributed by atoms with Gasteiger partial charge < -0.3 is 14.0 Å². The van der Waals surface area contributed by atoms with Crippen molar-refractivity contribution in [3.63, 3.8) is 0 Å². The molecule has 2 unspecified atom stereocenters. The van der Waals surface area contributed by atoms with E-state index in [0.29, 0.717) is 25.1 Å². The molecule has 2 atom stereocenters. The van der Waals surface area contributed by atoms with Gasteiger partial charge in [0.1, 0.15) is 22.8 Å². The highest BCUT2D eigenvalue weighted by Crippen LogP contribution is 2.36. The molecule has 1 saturated carbocycles. The average molecular weight is 580 g/mol. The lowest BCUT2D eigenvalue weighted by Gasteiger charge is -2.30. The molecule has 16 heteroatoms. The SMILES string of the molecule is Cc1nncn1C1CCCC(NS(=O)(=O)c2ccc(-c3ccc(OCC(F)(F)F)nc3)cc2OC(F)(F)F)C1. The Morgan fingerprint density at radius 3 is 2.44 bits per heavy atom. The third-order valence-corrected chi connectivity index (χ3v) is 7.59. The minimum atomic E-state index is -5.20. The summed E-state index contributed by atoms with van der Waals surface area (Å²) in [6, 6.07) is 4.83. The fraction of sp³-hybridized carbons (Fsp3) is 0.435. The molecule has 0 radical (unpaired) electrons. The summed E-state index contributed by atoms with van der Waals surface area (Å²) >= 11 is 0. The highest BCUT2D eigenvalue weighted by molar-refractivity contribution is 7.89. The van der Waals surface area contributed by atoms with E-state index in [1.54, 1.807) is 13.3 Å². The van der Waals surface area contributed by atoms with Crippen LogP contribution in [-0.2, 0) is 10.0 Å². The van der Waals surface area contributed by atoms with Crippen molar-refractivity contribution in [1.82, 2.24) is 24.5 Å². The molecule has 1 fully saturated rings. The molecule has 4 rings (SSSR count). The molecule has 9 nitrogen and oxygen atoms in total. The maximum atomic E-state index is 13.2. The highest BCUT2D eigenvalue weighted by Gasteiger charge is 2.36. The number of halogens is 6. The number of aromatic nitrogens is 4. The van der Waals surface area contributed by atoms with Gasteiger partial charge in [-0.15, -0.1) is 23.4 Å². The van der Waals surface area contributed by atoms with Crippen molar-refractivity contribution in [3.8, 4) is 22.8 Å². The first-order chi connectivity index (χ1) is 18.2. The Morgan fingerprint density at radius 1 is 1.08 bits per heavy atom. The molecule has 2 aromatic heterocycles. The summed E-state index contributed by atoms with van der Waals surface area (Å²) in [6.45, 7) is 0.199. The van der Waals surface area contributed by atoms with Gasteiger partial charge in [-0.05, 0) is 56.4 Å². The second-order valence-electron chi connectivity index (χ2n) is 8.92. The lowest BCUT2D eigenvalue weighted by atomic mass is 9.91. The van der Waals surface area contributed by atoms with Crippen LogP contribution < -0.4 is 14.2 Å². The summed E-state index contributed by atoms with van der Waals surface area (Å²) in [5.74, 6) is -0.653. The molecule has 0 bridgehead atoms. The van der Waals surface area contributed by atoms with Gasteiger partial charge in [0.2, 0.25) is 15.9 Å². The number of pyridine rings is 1.